The van der Waals surface area contributed by atoms with Crippen molar-refractivity contribution in [3.8, 4) is 0 Å². The highest BCUT2D eigenvalue weighted by Gasteiger charge is 2.76. The molecule has 240 valence electrons. The van der Waals surface area contributed by atoms with E-state index in [0.717, 1.165) is 24.3 Å². The molecule has 3 heterocycles. The van der Waals surface area contributed by atoms with Crippen LogP contribution in [-0.2, 0) is 19.1 Å². The normalized spacial score (nSPS) is 27.2. The number of ether oxygens (including phenoxy) is 1. The van der Waals surface area contributed by atoms with E-state index in [-0.39, 0.29) is 41.6 Å². The maximum atomic E-state index is 15.0. The number of aliphatic hydroxyl groups is 1. The van der Waals surface area contributed by atoms with E-state index in [4.69, 9.17) is 4.74 Å². The van der Waals surface area contributed by atoms with Gasteiger partial charge in [0.05, 0.1) is 35.8 Å². The molecular formula is C35H42BrN3O5S. The van der Waals surface area contributed by atoms with Crippen LogP contribution < -0.4 is 9.80 Å². The van der Waals surface area contributed by atoms with Crippen LogP contribution in [0, 0.1) is 11.8 Å². The molecule has 5 rings (SSSR count). The molecule has 1 N–H and O–H groups in total. The zero-order valence-electron chi connectivity index (χ0n) is 25.9. The molecule has 3 unspecified atom stereocenters. The number of benzene rings is 2. The summed E-state index contributed by atoms with van der Waals surface area (Å²) in [5.74, 6) is -2.47. The van der Waals surface area contributed by atoms with E-state index < -0.39 is 34.6 Å². The first kappa shape index (κ1) is 33.3. The zero-order valence-corrected chi connectivity index (χ0v) is 28.3. The standard InChI is InChI=1S/C35H42BrN3O5S/c1-5-9-20-44-34(43)28-29-32(41)39(27(22-40)23-13-11-10-12-14-23)31(35(29)21-26(36)30(28)45-35)33(42)38(19-6-2)25-17-15-24(16-18-25)37(7-3)8-4/h5-6,10-18,26-31,40H,1-2,7-9,19-22H2,3-4H3/t26?,27-,28+,29+,30+,31?,35?/m1/s1. The zero-order chi connectivity index (χ0) is 32.3. The van der Waals surface area contributed by atoms with Gasteiger partial charge >= 0.3 is 5.97 Å². The molecule has 2 aromatic rings. The Hall–Kier alpha value is -3.08. The van der Waals surface area contributed by atoms with Crippen molar-refractivity contribution in [1.82, 2.24) is 4.90 Å². The van der Waals surface area contributed by atoms with Crippen LogP contribution in [-0.4, -0.2) is 81.5 Å². The van der Waals surface area contributed by atoms with Crippen molar-refractivity contribution in [1.29, 1.82) is 0 Å². The molecule has 3 aliphatic rings. The SMILES string of the molecule is C=CCCOC(=O)[C@H]1[C@H]2C(=O)N([C@H](CO)c3ccccc3)C(C(=O)N(CC=C)c3ccc(N(CC)CC)cc3)C23CC(Br)[C@@H]1S3. The second kappa shape index (κ2) is 14.1. The summed E-state index contributed by atoms with van der Waals surface area (Å²) in [5.41, 5.74) is 2.47. The number of halogens is 1. The summed E-state index contributed by atoms with van der Waals surface area (Å²) in [7, 11) is 0. The van der Waals surface area contributed by atoms with Gasteiger partial charge in [0.15, 0.2) is 0 Å². The van der Waals surface area contributed by atoms with Crippen LogP contribution in [0.2, 0.25) is 0 Å². The van der Waals surface area contributed by atoms with E-state index >= 15 is 4.79 Å². The molecule has 8 nitrogen and oxygen atoms in total. The Morgan fingerprint density at radius 3 is 2.38 bits per heavy atom. The van der Waals surface area contributed by atoms with Gasteiger partial charge in [-0.05, 0) is 56.5 Å². The van der Waals surface area contributed by atoms with Gasteiger partial charge in [0.25, 0.3) is 5.91 Å². The lowest BCUT2D eigenvalue weighted by Gasteiger charge is -2.40. The van der Waals surface area contributed by atoms with Crippen LogP contribution in [0.1, 0.15) is 38.3 Å². The van der Waals surface area contributed by atoms with Crippen molar-refractivity contribution in [2.24, 2.45) is 11.8 Å². The molecule has 7 atom stereocenters. The minimum absolute atomic E-state index is 0.0933. The molecule has 3 aliphatic heterocycles. The molecule has 0 aromatic heterocycles. The van der Waals surface area contributed by atoms with Crippen molar-refractivity contribution in [3.63, 3.8) is 0 Å². The third-order valence-corrected chi connectivity index (χ3v) is 12.6. The van der Waals surface area contributed by atoms with Gasteiger partial charge in [0.2, 0.25) is 5.91 Å². The van der Waals surface area contributed by atoms with Crippen molar-refractivity contribution in [2.75, 3.05) is 42.6 Å². The lowest BCUT2D eigenvalue weighted by Crippen LogP contribution is -2.56. The Morgan fingerprint density at radius 1 is 1.11 bits per heavy atom. The maximum absolute atomic E-state index is 15.0. The number of aliphatic hydroxyl groups excluding tert-OH is 1. The van der Waals surface area contributed by atoms with Crippen LogP contribution in [0.5, 0.6) is 0 Å². The summed E-state index contributed by atoms with van der Waals surface area (Å²) >= 11 is 5.36. The average molecular weight is 697 g/mol. The topological polar surface area (TPSA) is 90.4 Å². The van der Waals surface area contributed by atoms with E-state index in [2.05, 4.69) is 47.8 Å². The molecule has 3 saturated heterocycles. The number of carbonyl (C=O) groups excluding carboxylic acids is 3. The molecular weight excluding hydrogens is 654 g/mol. The summed E-state index contributed by atoms with van der Waals surface area (Å²) in [6.45, 7) is 13.6. The van der Waals surface area contributed by atoms with E-state index in [0.29, 0.717) is 18.5 Å². The Morgan fingerprint density at radius 2 is 1.78 bits per heavy atom. The smallest absolute Gasteiger partial charge is 0.310 e. The van der Waals surface area contributed by atoms with Gasteiger partial charge < -0.3 is 24.5 Å². The van der Waals surface area contributed by atoms with Crippen LogP contribution in [0.15, 0.2) is 79.9 Å². The number of anilines is 2. The quantitative estimate of drug-likeness (QED) is 0.123. The molecule has 3 fully saturated rings. The van der Waals surface area contributed by atoms with Crippen LogP contribution >= 0.6 is 27.7 Å². The lowest BCUT2D eigenvalue weighted by atomic mass is 9.71. The fourth-order valence-corrected chi connectivity index (χ4v) is 10.9. The fourth-order valence-electron chi connectivity index (χ4n) is 7.35. The number of amides is 2. The van der Waals surface area contributed by atoms with Gasteiger partial charge in [0.1, 0.15) is 6.04 Å². The Kier molecular flexibility index (Phi) is 10.5. The van der Waals surface area contributed by atoms with Gasteiger partial charge in [0, 0.05) is 41.1 Å². The average Bonchev–Trinajstić information content (AvgIpc) is 3.65. The molecule has 2 aromatic carbocycles. The number of carbonyl (C=O) groups is 3. The number of hydrogen-bond acceptors (Lipinski definition) is 7. The van der Waals surface area contributed by atoms with Gasteiger partial charge in [-0.2, -0.15) is 0 Å². The fraction of sp³-hybridized carbons (Fsp3) is 0.457. The van der Waals surface area contributed by atoms with E-state index in [1.165, 1.54) is 0 Å². The number of alkyl halides is 1. The summed E-state index contributed by atoms with van der Waals surface area (Å²) in [4.78, 5) is 48.7. The second-order valence-corrected chi connectivity index (χ2v) is 14.4. The summed E-state index contributed by atoms with van der Waals surface area (Å²) in [5, 5.41) is 10.6. The minimum atomic E-state index is -0.934. The minimum Gasteiger partial charge on any atom is -0.465 e. The molecule has 2 amide bonds. The lowest BCUT2D eigenvalue weighted by molar-refractivity contribution is -0.154. The molecule has 2 bridgehead atoms. The first-order chi connectivity index (χ1) is 21.8. The maximum Gasteiger partial charge on any atom is 0.310 e. The molecule has 1 spiro atoms. The predicted octanol–water partition coefficient (Wildman–Crippen LogP) is 5.37. The number of rotatable bonds is 14. The number of nitrogens with zero attached hydrogens (tertiary/aromatic N) is 3. The van der Waals surface area contributed by atoms with Crippen LogP contribution in [0.3, 0.4) is 0 Å². The molecule has 0 aliphatic carbocycles. The summed E-state index contributed by atoms with van der Waals surface area (Å²) in [6, 6.07) is 15.4. The van der Waals surface area contributed by atoms with Gasteiger partial charge in [-0.1, -0.05) is 58.4 Å². The third-order valence-electron chi connectivity index (χ3n) is 9.36. The van der Waals surface area contributed by atoms with Crippen LogP contribution in [0.4, 0.5) is 11.4 Å². The van der Waals surface area contributed by atoms with Crippen molar-refractivity contribution in [3.05, 3.63) is 85.5 Å². The number of likely N-dealkylation sites (tertiary alicyclic amines) is 1. The highest BCUT2D eigenvalue weighted by molar-refractivity contribution is 9.09. The van der Waals surface area contributed by atoms with Gasteiger partial charge in [-0.3, -0.25) is 14.4 Å². The Balaban J connectivity index is 1.60. The molecule has 0 radical (unpaired) electrons. The van der Waals surface area contributed by atoms with Crippen molar-refractivity contribution >= 4 is 56.9 Å². The predicted molar refractivity (Wildman–Crippen MR) is 184 cm³/mol. The van der Waals surface area contributed by atoms with Gasteiger partial charge in [-0.25, -0.2) is 0 Å². The van der Waals surface area contributed by atoms with Crippen molar-refractivity contribution in [2.45, 2.75) is 53.6 Å². The monoisotopic (exact) mass is 695 g/mol. The highest BCUT2D eigenvalue weighted by Crippen LogP contribution is 2.68. The Labute approximate surface area is 278 Å². The molecule has 10 heteroatoms. The number of hydrogen-bond donors (Lipinski definition) is 1. The van der Waals surface area contributed by atoms with E-state index in [1.807, 2.05) is 54.6 Å². The number of thioether (sulfide) groups is 1. The highest BCUT2D eigenvalue weighted by atomic mass is 79.9. The molecule has 45 heavy (non-hydrogen) atoms. The van der Waals surface area contributed by atoms with Crippen LogP contribution in [0.25, 0.3) is 0 Å². The third kappa shape index (κ3) is 5.85. The van der Waals surface area contributed by atoms with Crippen molar-refractivity contribution < 1.29 is 24.2 Å². The number of esters is 1. The molecule has 0 saturated carbocycles. The summed E-state index contributed by atoms with van der Waals surface area (Å²) in [6.07, 6.45) is 4.40. The Bertz CT molecular complexity index is 1400. The number of fused-ring (bicyclic) bond motifs is 1. The van der Waals surface area contributed by atoms with E-state index in [1.54, 1.807) is 33.7 Å². The second-order valence-electron chi connectivity index (χ2n) is 11.7. The largest absolute Gasteiger partial charge is 0.465 e. The summed E-state index contributed by atoms with van der Waals surface area (Å²) < 4.78 is 4.76. The first-order valence-corrected chi connectivity index (χ1v) is 17.4. The van der Waals surface area contributed by atoms with E-state index in [9.17, 15) is 14.7 Å². The first-order valence-electron chi connectivity index (χ1n) is 15.6. The van der Waals surface area contributed by atoms with Gasteiger partial charge in [-0.15, -0.1) is 24.9 Å².